The van der Waals surface area contributed by atoms with Gasteiger partial charge in [0, 0.05) is 25.6 Å². The van der Waals surface area contributed by atoms with Crippen molar-refractivity contribution in [2.45, 2.75) is 26.3 Å². The van der Waals surface area contributed by atoms with E-state index in [1.165, 1.54) is 11.1 Å². The first-order chi connectivity index (χ1) is 9.26. The second kappa shape index (κ2) is 4.88. The largest absolute Gasteiger partial charge is 0.384 e. The third kappa shape index (κ3) is 2.38. The Bertz CT molecular complexity index is 594. The summed E-state index contributed by atoms with van der Waals surface area (Å²) < 4.78 is 0. The zero-order valence-electron chi connectivity index (χ0n) is 11.1. The Morgan fingerprint density at radius 2 is 2.00 bits per heavy atom. The summed E-state index contributed by atoms with van der Waals surface area (Å²) in [5.74, 6) is 2.31. The van der Waals surface area contributed by atoms with Crippen LogP contribution in [0.2, 0.25) is 0 Å². The van der Waals surface area contributed by atoms with Crippen LogP contribution in [0.3, 0.4) is 0 Å². The lowest BCUT2D eigenvalue weighted by molar-refractivity contribution is 0.715. The number of rotatable bonds is 2. The smallest absolute Gasteiger partial charge is 0.134 e. The second-order valence-electron chi connectivity index (χ2n) is 4.86. The molecule has 0 saturated carbocycles. The first-order valence-corrected chi connectivity index (χ1v) is 6.71. The van der Waals surface area contributed by atoms with Crippen molar-refractivity contribution >= 4 is 11.6 Å². The number of aromatic nitrogens is 2. The number of nitrogens with two attached hydrogens (primary N) is 1. The van der Waals surface area contributed by atoms with Crippen LogP contribution in [0.5, 0.6) is 0 Å². The molecule has 0 radical (unpaired) electrons. The van der Waals surface area contributed by atoms with E-state index >= 15 is 0 Å². The number of anilines is 2. The van der Waals surface area contributed by atoms with Crippen LogP contribution >= 0.6 is 0 Å². The van der Waals surface area contributed by atoms with Gasteiger partial charge in [-0.2, -0.15) is 0 Å². The molecule has 0 bridgehead atoms. The summed E-state index contributed by atoms with van der Waals surface area (Å²) in [6, 6.07) is 10.5. The quantitative estimate of drug-likeness (QED) is 0.892. The van der Waals surface area contributed by atoms with Gasteiger partial charge >= 0.3 is 0 Å². The summed E-state index contributed by atoms with van der Waals surface area (Å²) in [5.41, 5.74) is 8.68. The standard InChI is InChI=1S/C15H18N4/c1-2-14-17-13(16)9-15(18-14)19-8-7-11-5-3-4-6-12(11)10-19/h3-6,9H,2,7-8,10H2,1H3,(H2,16,17,18). The molecule has 4 heteroatoms. The molecule has 3 rings (SSSR count). The molecular weight excluding hydrogens is 236 g/mol. The van der Waals surface area contributed by atoms with Crippen LogP contribution < -0.4 is 10.6 Å². The Labute approximate surface area is 113 Å². The second-order valence-corrected chi connectivity index (χ2v) is 4.86. The maximum atomic E-state index is 5.86. The van der Waals surface area contributed by atoms with Crippen molar-refractivity contribution in [1.82, 2.24) is 9.97 Å². The minimum Gasteiger partial charge on any atom is -0.384 e. The van der Waals surface area contributed by atoms with Crippen molar-refractivity contribution in [3.8, 4) is 0 Å². The molecule has 1 aromatic heterocycles. The Morgan fingerprint density at radius 3 is 2.79 bits per heavy atom. The number of benzene rings is 1. The van der Waals surface area contributed by atoms with Crippen LogP contribution in [0.1, 0.15) is 23.9 Å². The molecule has 2 N–H and O–H groups in total. The highest BCUT2D eigenvalue weighted by molar-refractivity contribution is 5.49. The van der Waals surface area contributed by atoms with Crippen LogP contribution in [0.25, 0.3) is 0 Å². The van der Waals surface area contributed by atoms with Crippen LogP contribution in [-0.4, -0.2) is 16.5 Å². The topological polar surface area (TPSA) is 55.0 Å². The molecular formula is C15H18N4. The average molecular weight is 254 g/mol. The van der Waals surface area contributed by atoms with Crippen LogP contribution in [0, 0.1) is 0 Å². The summed E-state index contributed by atoms with van der Waals surface area (Å²) in [5, 5.41) is 0. The molecule has 0 amide bonds. The lowest BCUT2D eigenvalue weighted by atomic mass is 10.00. The fourth-order valence-electron chi connectivity index (χ4n) is 2.51. The zero-order valence-corrected chi connectivity index (χ0v) is 11.1. The molecule has 2 heterocycles. The van der Waals surface area contributed by atoms with Crippen molar-refractivity contribution in [2.24, 2.45) is 0 Å². The Hall–Kier alpha value is -2.10. The Kier molecular flexibility index (Phi) is 3.07. The predicted molar refractivity (Wildman–Crippen MR) is 77.0 cm³/mol. The number of aryl methyl sites for hydroxylation is 1. The molecule has 0 saturated heterocycles. The molecule has 98 valence electrons. The van der Waals surface area contributed by atoms with Crippen LogP contribution in [-0.2, 0) is 19.4 Å². The monoisotopic (exact) mass is 254 g/mol. The van der Waals surface area contributed by atoms with Gasteiger partial charge in [-0.3, -0.25) is 0 Å². The summed E-state index contributed by atoms with van der Waals surface area (Å²) in [7, 11) is 0. The van der Waals surface area contributed by atoms with Crippen molar-refractivity contribution in [3.05, 3.63) is 47.3 Å². The van der Waals surface area contributed by atoms with Gasteiger partial charge in [0.1, 0.15) is 17.5 Å². The van der Waals surface area contributed by atoms with Gasteiger partial charge in [-0.1, -0.05) is 31.2 Å². The third-order valence-electron chi connectivity index (χ3n) is 3.55. The Balaban J connectivity index is 1.90. The predicted octanol–water partition coefficient (Wildman–Crippen LogP) is 2.18. The molecule has 1 aliphatic rings. The highest BCUT2D eigenvalue weighted by Gasteiger charge is 2.17. The van der Waals surface area contributed by atoms with Gasteiger partial charge in [-0.15, -0.1) is 0 Å². The summed E-state index contributed by atoms with van der Waals surface area (Å²) in [6.07, 6.45) is 1.87. The first-order valence-electron chi connectivity index (χ1n) is 6.71. The van der Waals surface area contributed by atoms with Gasteiger partial charge in [0.05, 0.1) is 0 Å². The molecule has 4 nitrogen and oxygen atoms in total. The third-order valence-corrected chi connectivity index (χ3v) is 3.55. The van der Waals surface area contributed by atoms with Crippen molar-refractivity contribution in [3.63, 3.8) is 0 Å². The highest BCUT2D eigenvalue weighted by atomic mass is 15.2. The minimum atomic E-state index is 0.556. The molecule has 0 aliphatic carbocycles. The maximum absolute atomic E-state index is 5.86. The minimum absolute atomic E-state index is 0.556. The van der Waals surface area contributed by atoms with Crippen molar-refractivity contribution in [2.75, 3.05) is 17.2 Å². The average Bonchev–Trinajstić information content (AvgIpc) is 2.46. The fourth-order valence-corrected chi connectivity index (χ4v) is 2.51. The van der Waals surface area contributed by atoms with Gasteiger partial charge in [0.25, 0.3) is 0 Å². The normalized spacial score (nSPS) is 14.3. The number of fused-ring (bicyclic) bond motifs is 1. The van der Waals surface area contributed by atoms with E-state index < -0.39 is 0 Å². The van der Waals surface area contributed by atoms with Crippen LogP contribution in [0.15, 0.2) is 30.3 Å². The van der Waals surface area contributed by atoms with E-state index in [-0.39, 0.29) is 0 Å². The lowest BCUT2D eigenvalue weighted by Gasteiger charge is -2.30. The molecule has 0 atom stereocenters. The lowest BCUT2D eigenvalue weighted by Crippen LogP contribution is -2.31. The van der Waals surface area contributed by atoms with Gasteiger partial charge in [-0.05, 0) is 17.5 Å². The maximum Gasteiger partial charge on any atom is 0.134 e. The van der Waals surface area contributed by atoms with E-state index in [0.29, 0.717) is 5.82 Å². The number of nitrogen functional groups attached to an aromatic ring is 1. The molecule has 2 aromatic rings. The number of nitrogens with zero attached hydrogens (tertiary/aromatic N) is 3. The van der Waals surface area contributed by atoms with E-state index in [2.05, 4.69) is 39.1 Å². The molecule has 1 aromatic carbocycles. The van der Waals surface area contributed by atoms with E-state index in [1.54, 1.807) is 0 Å². The van der Waals surface area contributed by atoms with Gasteiger partial charge in [-0.25, -0.2) is 9.97 Å². The van der Waals surface area contributed by atoms with Crippen LogP contribution in [0.4, 0.5) is 11.6 Å². The van der Waals surface area contributed by atoms with E-state index in [1.807, 2.05) is 13.0 Å². The highest BCUT2D eigenvalue weighted by Crippen LogP contribution is 2.23. The summed E-state index contributed by atoms with van der Waals surface area (Å²) in [6.45, 7) is 3.93. The van der Waals surface area contributed by atoms with Crippen molar-refractivity contribution < 1.29 is 0 Å². The number of hydrogen-bond donors (Lipinski definition) is 1. The summed E-state index contributed by atoms with van der Waals surface area (Å²) in [4.78, 5) is 11.1. The SMILES string of the molecule is CCc1nc(N)cc(N2CCc3ccccc3C2)n1. The van der Waals surface area contributed by atoms with Gasteiger partial charge < -0.3 is 10.6 Å². The number of hydrogen-bond acceptors (Lipinski definition) is 4. The van der Waals surface area contributed by atoms with Gasteiger partial charge in [0.15, 0.2) is 0 Å². The molecule has 1 aliphatic heterocycles. The zero-order chi connectivity index (χ0) is 13.2. The fraction of sp³-hybridized carbons (Fsp3) is 0.333. The van der Waals surface area contributed by atoms with E-state index in [0.717, 1.165) is 37.6 Å². The molecule has 0 fully saturated rings. The van der Waals surface area contributed by atoms with Gasteiger partial charge in [0.2, 0.25) is 0 Å². The van der Waals surface area contributed by atoms with Crippen molar-refractivity contribution in [1.29, 1.82) is 0 Å². The molecule has 0 spiro atoms. The molecule has 0 unspecified atom stereocenters. The Morgan fingerprint density at radius 1 is 1.21 bits per heavy atom. The van der Waals surface area contributed by atoms with E-state index in [4.69, 9.17) is 5.73 Å². The summed E-state index contributed by atoms with van der Waals surface area (Å²) >= 11 is 0. The molecule has 19 heavy (non-hydrogen) atoms. The van der Waals surface area contributed by atoms with E-state index in [9.17, 15) is 0 Å². The first kappa shape index (κ1) is 12.0.